The monoisotopic (exact) mass is 226 g/mol. The summed E-state index contributed by atoms with van der Waals surface area (Å²) in [5, 5.41) is 11.7. The number of likely N-dealkylation sites (tertiary alicyclic amines) is 1. The maximum atomic E-state index is 11.8. The summed E-state index contributed by atoms with van der Waals surface area (Å²) in [7, 11) is 0. The lowest BCUT2D eigenvalue weighted by Crippen LogP contribution is -2.59. The standard InChI is InChI=1S/C11H18N2O3/c1-11(2,8-3-4-8)12-10(16)13-5-7(6-13)9(14)15/h7-8H,3-6H2,1-2H3,(H,12,16)(H,14,15). The van der Waals surface area contributed by atoms with Crippen molar-refractivity contribution in [2.45, 2.75) is 32.2 Å². The van der Waals surface area contributed by atoms with Gasteiger partial charge in [0.05, 0.1) is 5.92 Å². The van der Waals surface area contributed by atoms with E-state index in [1.807, 2.05) is 13.8 Å². The summed E-state index contributed by atoms with van der Waals surface area (Å²) in [6.07, 6.45) is 2.34. The molecular weight excluding hydrogens is 208 g/mol. The topological polar surface area (TPSA) is 69.6 Å². The van der Waals surface area contributed by atoms with Crippen LogP contribution >= 0.6 is 0 Å². The Hall–Kier alpha value is -1.26. The van der Waals surface area contributed by atoms with Crippen molar-refractivity contribution >= 4 is 12.0 Å². The number of hydrogen-bond donors (Lipinski definition) is 2. The van der Waals surface area contributed by atoms with Crippen LogP contribution in [-0.4, -0.2) is 40.6 Å². The number of carboxylic acid groups (broad SMARTS) is 1. The van der Waals surface area contributed by atoms with Gasteiger partial charge in [0.15, 0.2) is 0 Å². The van der Waals surface area contributed by atoms with E-state index < -0.39 is 5.97 Å². The van der Waals surface area contributed by atoms with Crippen LogP contribution in [0.5, 0.6) is 0 Å². The lowest BCUT2D eigenvalue weighted by molar-refractivity contribution is -0.146. The summed E-state index contributed by atoms with van der Waals surface area (Å²) < 4.78 is 0. The third-order valence-electron chi connectivity index (χ3n) is 3.55. The molecule has 2 N–H and O–H groups in total. The first-order chi connectivity index (χ1) is 7.40. The van der Waals surface area contributed by atoms with Gasteiger partial charge in [0.25, 0.3) is 0 Å². The quantitative estimate of drug-likeness (QED) is 0.751. The first kappa shape index (κ1) is 11.2. The summed E-state index contributed by atoms with van der Waals surface area (Å²) in [5.41, 5.74) is -0.161. The number of nitrogens with zero attached hydrogens (tertiary/aromatic N) is 1. The van der Waals surface area contributed by atoms with Crippen molar-refractivity contribution in [3.8, 4) is 0 Å². The third-order valence-corrected chi connectivity index (χ3v) is 3.55. The number of carboxylic acids is 1. The van der Waals surface area contributed by atoms with Crippen molar-refractivity contribution < 1.29 is 14.7 Å². The van der Waals surface area contributed by atoms with Gasteiger partial charge in [-0.3, -0.25) is 4.79 Å². The maximum absolute atomic E-state index is 11.8. The molecule has 1 aliphatic heterocycles. The van der Waals surface area contributed by atoms with Crippen LogP contribution in [0, 0.1) is 11.8 Å². The minimum Gasteiger partial charge on any atom is -0.481 e. The molecule has 0 aromatic carbocycles. The predicted molar refractivity (Wildman–Crippen MR) is 58.0 cm³/mol. The fourth-order valence-corrected chi connectivity index (χ4v) is 2.06. The number of hydrogen-bond acceptors (Lipinski definition) is 2. The first-order valence-electron chi connectivity index (χ1n) is 5.70. The van der Waals surface area contributed by atoms with E-state index in [2.05, 4.69) is 5.32 Å². The molecule has 2 amide bonds. The second kappa shape index (κ2) is 3.64. The summed E-state index contributed by atoms with van der Waals surface area (Å²) in [6, 6.07) is -0.130. The number of carbonyl (C=O) groups excluding carboxylic acids is 1. The van der Waals surface area contributed by atoms with Crippen molar-refractivity contribution in [1.29, 1.82) is 0 Å². The van der Waals surface area contributed by atoms with E-state index in [9.17, 15) is 9.59 Å². The summed E-state index contributed by atoms with van der Waals surface area (Å²) in [4.78, 5) is 23.9. The van der Waals surface area contributed by atoms with E-state index in [0.717, 1.165) is 0 Å². The lowest BCUT2D eigenvalue weighted by atomic mass is 9.98. The van der Waals surface area contributed by atoms with Gasteiger partial charge in [0.1, 0.15) is 0 Å². The van der Waals surface area contributed by atoms with Gasteiger partial charge in [0, 0.05) is 18.6 Å². The van der Waals surface area contributed by atoms with Crippen molar-refractivity contribution in [3.63, 3.8) is 0 Å². The van der Waals surface area contributed by atoms with Gasteiger partial charge in [0.2, 0.25) is 0 Å². The molecule has 0 unspecified atom stereocenters. The van der Waals surface area contributed by atoms with Crippen LogP contribution in [-0.2, 0) is 4.79 Å². The Balaban J connectivity index is 1.79. The van der Waals surface area contributed by atoms with Gasteiger partial charge in [-0.1, -0.05) is 0 Å². The van der Waals surface area contributed by atoms with E-state index in [0.29, 0.717) is 19.0 Å². The smallest absolute Gasteiger partial charge is 0.317 e. The molecule has 5 heteroatoms. The van der Waals surface area contributed by atoms with E-state index in [-0.39, 0.29) is 17.5 Å². The summed E-state index contributed by atoms with van der Waals surface area (Å²) in [6.45, 7) is 4.72. The molecule has 0 spiro atoms. The molecule has 1 aliphatic carbocycles. The maximum Gasteiger partial charge on any atom is 0.317 e. The molecule has 2 rings (SSSR count). The van der Waals surface area contributed by atoms with Crippen LogP contribution in [0.1, 0.15) is 26.7 Å². The molecule has 0 bridgehead atoms. The van der Waals surface area contributed by atoms with Crippen LogP contribution in [0.15, 0.2) is 0 Å². The van der Waals surface area contributed by atoms with Crippen molar-refractivity contribution in [1.82, 2.24) is 10.2 Å². The lowest BCUT2D eigenvalue weighted by Gasteiger charge is -2.39. The predicted octanol–water partition coefficient (Wildman–Crippen LogP) is 0.901. The highest BCUT2D eigenvalue weighted by atomic mass is 16.4. The largest absolute Gasteiger partial charge is 0.481 e. The highest BCUT2D eigenvalue weighted by Gasteiger charge is 2.42. The van der Waals surface area contributed by atoms with E-state index >= 15 is 0 Å². The van der Waals surface area contributed by atoms with Gasteiger partial charge in [-0.15, -0.1) is 0 Å². The normalized spacial score (nSPS) is 21.5. The number of urea groups is 1. The molecule has 1 heterocycles. The number of aliphatic carboxylic acids is 1. The SMILES string of the molecule is CC(C)(NC(=O)N1CC(C(=O)O)C1)C1CC1. The minimum absolute atomic E-state index is 0.130. The van der Waals surface area contributed by atoms with E-state index in [1.165, 1.54) is 12.8 Å². The summed E-state index contributed by atoms with van der Waals surface area (Å²) >= 11 is 0. The van der Waals surface area contributed by atoms with Crippen molar-refractivity contribution in [3.05, 3.63) is 0 Å². The molecule has 0 aromatic heterocycles. The van der Waals surface area contributed by atoms with E-state index in [4.69, 9.17) is 5.11 Å². The zero-order valence-corrected chi connectivity index (χ0v) is 9.69. The Morgan fingerprint density at radius 2 is 1.88 bits per heavy atom. The number of nitrogens with one attached hydrogen (secondary N) is 1. The second-order valence-electron chi connectivity index (χ2n) is 5.37. The van der Waals surface area contributed by atoms with Gasteiger partial charge in [-0.2, -0.15) is 0 Å². The highest BCUT2D eigenvalue weighted by Crippen LogP contribution is 2.39. The third kappa shape index (κ3) is 2.13. The molecule has 1 saturated carbocycles. The fourth-order valence-electron chi connectivity index (χ4n) is 2.06. The zero-order chi connectivity index (χ0) is 11.9. The fraction of sp³-hybridized carbons (Fsp3) is 0.818. The Morgan fingerprint density at radius 1 is 1.31 bits per heavy atom. The first-order valence-corrected chi connectivity index (χ1v) is 5.70. The average molecular weight is 226 g/mol. The molecule has 0 radical (unpaired) electrons. The van der Waals surface area contributed by atoms with Gasteiger partial charge in [-0.05, 0) is 32.6 Å². The molecular formula is C11H18N2O3. The van der Waals surface area contributed by atoms with Crippen LogP contribution in [0.4, 0.5) is 4.79 Å². The van der Waals surface area contributed by atoms with E-state index in [1.54, 1.807) is 4.90 Å². The van der Waals surface area contributed by atoms with Crippen LogP contribution < -0.4 is 5.32 Å². The molecule has 0 atom stereocenters. The Bertz CT molecular complexity index is 317. The highest BCUT2D eigenvalue weighted by molar-refractivity contribution is 5.80. The summed E-state index contributed by atoms with van der Waals surface area (Å²) in [5.74, 6) is -0.617. The van der Waals surface area contributed by atoms with Gasteiger partial charge >= 0.3 is 12.0 Å². The zero-order valence-electron chi connectivity index (χ0n) is 9.69. The molecule has 1 saturated heterocycles. The Kier molecular flexibility index (Phi) is 2.56. The molecule has 0 aromatic rings. The number of carbonyl (C=O) groups is 2. The van der Waals surface area contributed by atoms with Crippen LogP contribution in [0.25, 0.3) is 0 Å². The van der Waals surface area contributed by atoms with Crippen LogP contribution in [0.2, 0.25) is 0 Å². The molecule has 5 nitrogen and oxygen atoms in total. The van der Waals surface area contributed by atoms with Gasteiger partial charge in [-0.25, -0.2) is 4.79 Å². The van der Waals surface area contributed by atoms with Gasteiger partial charge < -0.3 is 15.3 Å². The number of amides is 2. The Labute approximate surface area is 94.8 Å². The molecule has 90 valence electrons. The van der Waals surface area contributed by atoms with Crippen LogP contribution in [0.3, 0.4) is 0 Å². The second-order valence-corrected chi connectivity index (χ2v) is 5.37. The molecule has 2 fully saturated rings. The average Bonchev–Trinajstić information content (AvgIpc) is 2.78. The minimum atomic E-state index is -0.814. The van der Waals surface area contributed by atoms with Crippen molar-refractivity contribution in [2.75, 3.05) is 13.1 Å². The molecule has 16 heavy (non-hydrogen) atoms. The number of rotatable bonds is 3. The Morgan fingerprint density at radius 3 is 2.31 bits per heavy atom. The molecule has 2 aliphatic rings. The van der Waals surface area contributed by atoms with Crippen molar-refractivity contribution in [2.24, 2.45) is 11.8 Å².